The molecule has 0 aliphatic carbocycles. The molecule has 0 saturated heterocycles. The van der Waals surface area contributed by atoms with Crippen molar-refractivity contribution < 1.29 is 4.74 Å². The van der Waals surface area contributed by atoms with Crippen molar-refractivity contribution in [2.45, 2.75) is 26.2 Å². The predicted octanol–water partition coefficient (Wildman–Crippen LogP) is 3.07. The summed E-state index contributed by atoms with van der Waals surface area (Å²) < 4.78 is 5.25. The van der Waals surface area contributed by atoms with E-state index in [1.54, 1.807) is 7.11 Å². The number of ether oxygens (including phenoxy) is 1. The molecule has 0 amide bonds. The lowest BCUT2D eigenvalue weighted by Crippen LogP contribution is -2.04. The largest absolute Gasteiger partial charge is 0.497 e. The Balaban J connectivity index is 2.24. The first kappa shape index (κ1) is 14.3. The summed E-state index contributed by atoms with van der Waals surface area (Å²) in [5.41, 5.74) is 2.24. The maximum atomic E-state index is 5.25. The standard InChI is InChI=1S/C16H21N3O/c1-4-6-13-11-15(17-2)19-16(18-13)10-12-7-5-8-14(9-12)20-3/h5,7-9,11H,4,6,10H2,1-3H3,(H,17,18,19). The molecule has 2 aromatic rings. The van der Waals surface area contributed by atoms with Crippen LogP contribution in [0.4, 0.5) is 5.82 Å². The minimum absolute atomic E-state index is 0.712. The van der Waals surface area contributed by atoms with Crippen molar-refractivity contribution in [3.05, 3.63) is 47.4 Å². The van der Waals surface area contributed by atoms with Crippen molar-refractivity contribution >= 4 is 5.82 Å². The molecule has 1 N–H and O–H groups in total. The van der Waals surface area contributed by atoms with E-state index in [0.29, 0.717) is 6.42 Å². The quantitative estimate of drug-likeness (QED) is 0.877. The minimum Gasteiger partial charge on any atom is -0.497 e. The van der Waals surface area contributed by atoms with Gasteiger partial charge >= 0.3 is 0 Å². The molecule has 0 aliphatic heterocycles. The molecule has 0 radical (unpaired) electrons. The Morgan fingerprint density at radius 3 is 2.75 bits per heavy atom. The van der Waals surface area contributed by atoms with Crippen LogP contribution in [0, 0.1) is 0 Å². The van der Waals surface area contributed by atoms with E-state index in [2.05, 4.69) is 28.3 Å². The molecule has 1 aromatic carbocycles. The first-order chi connectivity index (χ1) is 9.75. The second-order valence-electron chi connectivity index (χ2n) is 4.69. The molecule has 1 aromatic heterocycles. The minimum atomic E-state index is 0.712. The van der Waals surface area contributed by atoms with Crippen LogP contribution in [0.1, 0.15) is 30.4 Å². The summed E-state index contributed by atoms with van der Waals surface area (Å²) in [6.45, 7) is 2.16. The van der Waals surface area contributed by atoms with Crippen LogP contribution in [0.25, 0.3) is 0 Å². The highest BCUT2D eigenvalue weighted by Gasteiger charge is 2.05. The molecule has 1 heterocycles. The zero-order chi connectivity index (χ0) is 14.4. The Labute approximate surface area is 120 Å². The summed E-state index contributed by atoms with van der Waals surface area (Å²) in [6.07, 6.45) is 2.77. The smallest absolute Gasteiger partial charge is 0.135 e. The van der Waals surface area contributed by atoms with Gasteiger partial charge in [0.25, 0.3) is 0 Å². The lowest BCUT2D eigenvalue weighted by molar-refractivity contribution is 0.414. The molecule has 106 valence electrons. The fourth-order valence-corrected chi connectivity index (χ4v) is 2.11. The molecular weight excluding hydrogens is 250 g/mol. The molecule has 0 unspecified atom stereocenters. The van der Waals surface area contributed by atoms with E-state index >= 15 is 0 Å². The van der Waals surface area contributed by atoms with E-state index in [9.17, 15) is 0 Å². The normalized spacial score (nSPS) is 10.3. The first-order valence-electron chi connectivity index (χ1n) is 6.92. The SMILES string of the molecule is CCCc1cc(NC)nc(Cc2cccc(OC)c2)n1. The topological polar surface area (TPSA) is 47.0 Å². The van der Waals surface area contributed by atoms with Gasteiger partial charge < -0.3 is 10.1 Å². The van der Waals surface area contributed by atoms with Gasteiger partial charge in [0.2, 0.25) is 0 Å². The van der Waals surface area contributed by atoms with Crippen LogP contribution in [0.2, 0.25) is 0 Å². The van der Waals surface area contributed by atoms with Crippen LogP contribution < -0.4 is 10.1 Å². The maximum Gasteiger partial charge on any atom is 0.135 e. The Morgan fingerprint density at radius 2 is 2.05 bits per heavy atom. The third-order valence-corrected chi connectivity index (χ3v) is 3.08. The van der Waals surface area contributed by atoms with Crippen LogP contribution in [0.5, 0.6) is 5.75 Å². The average Bonchev–Trinajstić information content (AvgIpc) is 2.47. The molecule has 2 rings (SSSR count). The number of methoxy groups -OCH3 is 1. The van der Waals surface area contributed by atoms with Crippen LogP contribution in [-0.4, -0.2) is 24.1 Å². The monoisotopic (exact) mass is 271 g/mol. The number of aromatic nitrogens is 2. The number of nitrogens with zero attached hydrogens (tertiary/aromatic N) is 2. The highest BCUT2D eigenvalue weighted by molar-refractivity contribution is 5.37. The van der Waals surface area contributed by atoms with E-state index in [1.807, 2.05) is 31.3 Å². The van der Waals surface area contributed by atoms with E-state index in [0.717, 1.165) is 41.5 Å². The van der Waals surface area contributed by atoms with E-state index < -0.39 is 0 Å². The Morgan fingerprint density at radius 1 is 1.20 bits per heavy atom. The Hall–Kier alpha value is -2.10. The van der Waals surface area contributed by atoms with Gasteiger partial charge in [-0.05, 0) is 24.1 Å². The fraction of sp³-hybridized carbons (Fsp3) is 0.375. The summed E-state index contributed by atoms with van der Waals surface area (Å²) in [6, 6.07) is 10.0. The molecule has 0 aliphatic rings. The summed E-state index contributed by atoms with van der Waals surface area (Å²) in [4.78, 5) is 9.15. The zero-order valence-corrected chi connectivity index (χ0v) is 12.3. The van der Waals surface area contributed by atoms with Gasteiger partial charge in [-0.1, -0.05) is 25.5 Å². The van der Waals surface area contributed by atoms with E-state index in [-0.39, 0.29) is 0 Å². The molecule has 0 spiro atoms. The summed E-state index contributed by atoms with van der Waals surface area (Å²) >= 11 is 0. The van der Waals surface area contributed by atoms with Gasteiger partial charge in [-0.3, -0.25) is 0 Å². The number of aryl methyl sites for hydroxylation is 1. The molecule has 4 nitrogen and oxygen atoms in total. The van der Waals surface area contributed by atoms with Crippen LogP contribution in [0.15, 0.2) is 30.3 Å². The molecule has 0 atom stereocenters. The zero-order valence-electron chi connectivity index (χ0n) is 12.3. The van der Waals surface area contributed by atoms with E-state index in [1.165, 1.54) is 0 Å². The number of hydrogen-bond donors (Lipinski definition) is 1. The van der Waals surface area contributed by atoms with Gasteiger partial charge in [0.15, 0.2) is 0 Å². The number of anilines is 1. The van der Waals surface area contributed by atoms with Crippen LogP contribution in [-0.2, 0) is 12.8 Å². The van der Waals surface area contributed by atoms with Gasteiger partial charge in [-0.25, -0.2) is 9.97 Å². The molecule has 0 saturated carbocycles. The van der Waals surface area contributed by atoms with Crippen LogP contribution >= 0.6 is 0 Å². The molecule has 4 heteroatoms. The van der Waals surface area contributed by atoms with Gasteiger partial charge in [-0.15, -0.1) is 0 Å². The first-order valence-corrected chi connectivity index (χ1v) is 6.92. The van der Waals surface area contributed by atoms with Crippen molar-refractivity contribution in [2.75, 3.05) is 19.5 Å². The van der Waals surface area contributed by atoms with Crippen molar-refractivity contribution in [1.29, 1.82) is 0 Å². The van der Waals surface area contributed by atoms with E-state index in [4.69, 9.17) is 4.74 Å². The van der Waals surface area contributed by atoms with Crippen molar-refractivity contribution in [3.63, 3.8) is 0 Å². The Bertz CT molecular complexity index is 569. The molecule has 20 heavy (non-hydrogen) atoms. The third-order valence-electron chi connectivity index (χ3n) is 3.08. The van der Waals surface area contributed by atoms with Crippen molar-refractivity contribution in [2.24, 2.45) is 0 Å². The summed E-state index contributed by atoms with van der Waals surface area (Å²) in [7, 11) is 3.56. The maximum absolute atomic E-state index is 5.25. The number of hydrogen-bond acceptors (Lipinski definition) is 4. The highest BCUT2D eigenvalue weighted by Crippen LogP contribution is 2.16. The highest BCUT2D eigenvalue weighted by atomic mass is 16.5. The predicted molar refractivity (Wildman–Crippen MR) is 81.4 cm³/mol. The summed E-state index contributed by atoms with van der Waals surface area (Å²) in [5, 5.41) is 3.10. The fourth-order valence-electron chi connectivity index (χ4n) is 2.11. The molecular formula is C16H21N3O. The average molecular weight is 271 g/mol. The molecule has 0 bridgehead atoms. The number of rotatable bonds is 6. The second kappa shape index (κ2) is 6.89. The van der Waals surface area contributed by atoms with Crippen molar-refractivity contribution in [3.8, 4) is 5.75 Å². The Kier molecular flexibility index (Phi) is 4.93. The third kappa shape index (κ3) is 3.70. The van der Waals surface area contributed by atoms with Gasteiger partial charge in [0, 0.05) is 25.2 Å². The molecule has 0 fully saturated rings. The lowest BCUT2D eigenvalue weighted by Gasteiger charge is -2.08. The van der Waals surface area contributed by atoms with Gasteiger partial charge in [0.05, 0.1) is 7.11 Å². The number of nitrogens with one attached hydrogen (secondary N) is 1. The number of benzene rings is 1. The van der Waals surface area contributed by atoms with Gasteiger partial charge in [-0.2, -0.15) is 0 Å². The summed E-state index contributed by atoms with van der Waals surface area (Å²) in [5.74, 6) is 2.58. The van der Waals surface area contributed by atoms with Crippen molar-refractivity contribution in [1.82, 2.24) is 9.97 Å². The lowest BCUT2D eigenvalue weighted by atomic mass is 10.1. The van der Waals surface area contributed by atoms with Gasteiger partial charge in [0.1, 0.15) is 17.4 Å². The second-order valence-corrected chi connectivity index (χ2v) is 4.69. The van der Waals surface area contributed by atoms with Crippen LogP contribution in [0.3, 0.4) is 0 Å².